The third kappa shape index (κ3) is 3.91. The number of aromatic nitrogens is 1. The molecule has 1 aromatic heterocycles. The zero-order chi connectivity index (χ0) is 20.6. The van der Waals surface area contributed by atoms with Crippen molar-refractivity contribution >= 4 is 33.0 Å². The van der Waals surface area contributed by atoms with Crippen LogP contribution in [0.1, 0.15) is 18.1 Å². The number of aliphatic hydroxyl groups excluding tert-OH is 1. The number of aliphatic hydroxyl groups is 1. The quantitative estimate of drug-likeness (QED) is 0.505. The van der Waals surface area contributed by atoms with Crippen LogP contribution in [0.5, 0.6) is 0 Å². The maximum Gasteiger partial charge on any atom is 0.131 e. The van der Waals surface area contributed by atoms with Gasteiger partial charge in [-0.3, -0.25) is 9.11 Å². The Labute approximate surface area is 172 Å². The van der Waals surface area contributed by atoms with E-state index in [1.165, 1.54) is 0 Å². The Balaban J connectivity index is 1.81. The average molecular weight is 414 g/mol. The van der Waals surface area contributed by atoms with Crippen molar-refractivity contribution in [1.29, 1.82) is 0 Å². The molecule has 0 radical (unpaired) electrons. The van der Waals surface area contributed by atoms with Gasteiger partial charge >= 0.3 is 0 Å². The third-order valence-corrected chi connectivity index (χ3v) is 7.21. The van der Waals surface area contributed by atoms with Gasteiger partial charge in [-0.05, 0) is 31.0 Å². The summed E-state index contributed by atoms with van der Waals surface area (Å²) >= 11 is 0. The first kappa shape index (κ1) is 20.0. The number of hydrogen-bond donors (Lipinski definition) is 4. The molecular formula is C22H27N3O3S. The van der Waals surface area contributed by atoms with Gasteiger partial charge in [0.05, 0.1) is 22.8 Å². The van der Waals surface area contributed by atoms with Crippen LogP contribution < -0.4 is 10.2 Å². The maximum atomic E-state index is 10.6. The standard InChI is InChI=1S/C22H27N3O3S/c1-15-6-5-8-18-19(23-16(2)14-26)12-21(24-22(15)18)25-10-11-29(27,28)20-9-4-3-7-17(20)13-25/h3-9,12,16,26-28H,10-11,13-14H2,1-2H3,(H,23,24)/t16-/m0/s1. The van der Waals surface area contributed by atoms with Crippen LogP contribution in [0.3, 0.4) is 0 Å². The Bertz CT molecular complexity index is 1040. The number of nitrogens with zero attached hydrogens (tertiary/aromatic N) is 2. The molecule has 4 rings (SSSR count). The fourth-order valence-electron chi connectivity index (χ4n) is 3.75. The predicted octanol–water partition coefficient (Wildman–Crippen LogP) is 4.47. The van der Waals surface area contributed by atoms with Crippen LogP contribution in [-0.2, 0) is 6.54 Å². The van der Waals surface area contributed by atoms with Gasteiger partial charge in [0.2, 0.25) is 0 Å². The van der Waals surface area contributed by atoms with E-state index in [1.54, 1.807) is 0 Å². The number of fused-ring (bicyclic) bond motifs is 2. The van der Waals surface area contributed by atoms with Crippen molar-refractivity contribution in [3.05, 3.63) is 59.7 Å². The van der Waals surface area contributed by atoms with Crippen molar-refractivity contribution in [2.45, 2.75) is 31.3 Å². The normalized spacial score (nSPS) is 18.0. The van der Waals surface area contributed by atoms with E-state index in [9.17, 15) is 14.2 Å². The lowest BCUT2D eigenvalue weighted by Crippen LogP contribution is -2.26. The summed E-state index contributed by atoms with van der Waals surface area (Å²) in [6.45, 7) is 5.05. The van der Waals surface area contributed by atoms with Gasteiger partial charge in [-0.2, -0.15) is 10.6 Å². The van der Waals surface area contributed by atoms with E-state index in [0.717, 1.165) is 33.5 Å². The topological polar surface area (TPSA) is 88.9 Å². The molecule has 7 heteroatoms. The molecule has 29 heavy (non-hydrogen) atoms. The molecule has 1 aliphatic heterocycles. The lowest BCUT2D eigenvalue weighted by molar-refractivity contribution is 0.281. The second-order valence-electron chi connectivity index (χ2n) is 7.63. The number of hydrogen-bond acceptors (Lipinski definition) is 6. The van der Waals surface area contributed by atoms with Crippen LogP contribution in [0.2, 0.25) is 0 Å². The molecule has 1 aliphatic rings. The average Bonchev–Trinajstić information content (AvgIpc) is 2.84. The molecule has 1 atom stereocenters. The highest BCUT2D eigenvalue weighted by Crippen LogP contribution is 2.51. The second-order valence-corrected chi connectivity index (χ2v) is 9.81. The molecule has 154 valence electrons. The molecule has 2 aromatic carbocycles. The molecule has 2 heterocycles. The van der Waals surface area contributed by atoms with E-state index in [1.807, 2.05) is 62.4 Å². The molecule has 4 N–H and O–H groups in total. The first-order chi connectivity index (χ1) is 13.9. The van der Waals surface area contributed by atoms with Gasteiger partial charge in [0.15, 0.2) is 0 Å². The van der Waals surface area contributed by atoms with Crippen molar-refractivity contribution in [3.8, 4) is 0 Å². The Kier molecular flexibility index (Phi) is 5.40. The molecule has 0 amide bonds. The summed E-state index contributed by atoms with van der Waals surface area (Å²) in [5.74, 6) is 1.05. The number of rotatable bonds is 4. The summed E-state index contributed by atoms with van der Waals surface area (Å²) in [6, 6.07) is 15.5. The summed E-state index contributed by atoms with van der Waals surface area (Å²) < 4.78 is 21.3. The summed E-state index contributed by atoms with van der Waals surface area (Å²) in [5.41, 5.74) is 3.81. The smallest absolute Gasteiger partial charge is 0.131 e. The highest BCUT2D eigenvalue weighted by atomic mass is 32.3. The van der Waals surface area contributed by atoms with E-state index in [0.29, 0.717) is 18.0 Å². The van der Waals surface area contributed by atoms with E-state index < -0.39 is 10.6 Å². The molecule has 0 saturated heterocycles. The number of pyridine rings is 1. The molecular weight excluding hydrogens is 386 g/mol. The Hall–Kier alpha value is -2.32. The minimum Gasteiger partial charge on any atom is -0.394 e. The molecule has 3 aromatic rings. The van der Waals surface area contributed by atoms with E-state index in [2.05, 4.69) is 10.2 Å². The Morgan fingerprint density at radius 2 is 1.97 bits per heavy atom. The zero-order valence-corrected chi connectivity index (χ0v) is 17.5. The minimum absolute atomic E-state index is 0.0307. The largest absolute Gasteiger partial charge is 0.394 e. The molecule has 0 saturated carbocycles. The lowest BCUT2D eigenvalue weighted by Gasteiger charge is -2.32. The number of anilines is 2. The van der Waals surface area contributed by atoms with Crippen molar-refractivity contribution in [3.63, 3.8) is 0 Å². The van der Waals surface area contributed by atoms with Crippen molar-refractivity contribution < 1.29 is 14.2 Å². The third-order valence-electron chi connectivity index (χ3n) is 5.36. The van der Waals surface area contributed by atoms with Crippen molar-refractivity contribution in [1.82, 2.24) is 4.98 Å². The number of benzene rings is 2. The summed E-state index contributed by atoms with van der Waals surface area (Å²) in [5, 5.41) is 13.9. The predicted molar refractivity (Wildman–Crippen MR) is 120 cm³/mol. The number of para-hydroxylation sites is 1. The van der Waals surface area contributed by atoms with Gasteiger partial charge in [0.1, 0.15) is 5.82 Å². The first-order valence-corrected chi connectivity index (χ1v) is 11.5. The van der Waals surface area contributed by atoms with E-state index >= 15 is 0 Å². The molecule has 0 aliphatic carbocycles. The van der Waals surface area contributed by atoms with Crippen LogP contribution in [0.4, 0.5) is 11.5 Å². The fourth-order valence-corrected chi connectivity index (χ4v) is 5.30. The summed E-state index contributed by atoms with van der Waals surface area (Å²) in [7, 11) is -2.82. The molecule has 0 unspecified atom stereocenters. The maximum absolute atomic E-state index is 10.6. The van der Waals surface area contributed by atoms with Gasteiger partial charge in [0.25, 0.3) is 0 Å². The van der Waals surface area contributed by atoms with Crippen LogP contribution in [-0.4, -0.2) is 44.1 Å². The Morgan fingerprint density at radius 1 is 1.17 bits per heavy atom. The van der Waals surface area contributed by atoms with Gasteiger partial charge in [-0.25, -0.2) is 4.98 Å². The van der Waals surface area contributed by atoms with Crippen LogP contribution in [0, 0.1) is 6.92 Å². The van der Waals surface area contributed by atoms with Crippen LogP contribution >= 0.6 is 10.6 Å². The van der Waals surface area contributed by atoms with Gasteiger partial charge in [0, 0.05) is 36.3 Å². The summed E-state index contributed by atoms with van der Waals surface area (Å²) in [4.78, 5) is 7.65. The molecule has 6 nitrogen and oxygen atoms in total. The Morgan fingerprint density at radius 3 is 2.76 bits per heavy atom. The zero-order valence-electron chi connectivity index (χ0n) is 16.7. The number of aryl methyl sites for hydroxylation is 1. The minimum atomic E-state index is -2.82. The van der Waals surface area contributed by atoms with Gasteiger partial charge in [-0.1, -0.05) is 36.4 Å². The van der Waals surface area contributed by atoms with E-state index in [4.69, 9.17) is 4.98 Å². The van der Waals surface area contributed by atoms with Gasteiger partial charge in [-0.15, -0.1) is 0 Å². The number of nitrogens with one attached hydrogen (secondary N) is 1. The highest BCUT2D eigenvalue weighted by Gasteiger charge is 2.26. The lowest BCUT2D eigenvalue weighted by atomic mass is 10.1. The van der Waals surface area contributed by atoms with Crippen LogP contribution in [0.15, 0.2) is 53.4 Å². The first-order valence-electron chi connectivity index (χ1n) is 9.75. The summed E-state index contributed by atoms with van der Waals surface area (Å²) in [6.07, 6.45) is 0. The highest BCUT2D eigenvalue weighted by molar-refractivity contribution is 8.24. The van der Waals surface area contributed by atoms with E-state index in [-0.39, 0.29) is 18.4 Å². The molecule has 0 spiro atoms. The monoisotopic (exact) mass is 413 g/mol. The SMILES string of the molecule is Cc1cccc2c(N[C@@H](C)CO)cc(N3CCS(O)(O)c4ccccc4C3)nc12. The molecule has 0 bridgehead atoms. The fraction of sp³-hybridized carbons (Fsp3) is 0.318. The second kappa shape index (κ2) is 7.84. The van der Waals surface area contributed by atoms with Crippen LogP contribution in [0.25, 0.3) is 10.9 Å². The van der Waals surface area contributed by atoms with Crippen molar-refractivity contribution in [2.24, 2.45) is 0 Å². The van der Waals surface area contributed by atoms with Gasteiger partial charge < -0.3 is 15.3 Å². The molecule has 0 fully saturated rings. The van der Waals surface area contributed by atoms with Crippen molar-refractivity contribution in [2.75, 3.05) is 29.1 Å².